The molecule has 1 saturated heterocycles. The number of ether oxygens (including phenoxy) is 2. The number of amides is 2. The number of benzene rings is 4. The van der Waals surface area contributed by atoms with Crippen molar-refractivity contribution in [1.82, 2.24) is 4.90 Å². The second-order valence-electron chi connectivity index (χ2n) is 8.66. The molecule has 1 fully saturated rings. The van der Waals surface area contributed by atoms with E-state index in [2.05, 4.69) is 15.9 Å². The van der Waals surface area contributed by atoms with E-state index in [1.165, 1.54) is 24.1 Å². The molecule has 0 N–H and O–H groups in total. The molecule has 39 heavy (non-hydrogen) atoms. The Kier molecular flexibility index (Phi) is 7.67. The fraction of sp³-hybridized carbons (Fsp3) is 0.103. The summed E-state index contributed by atoms with van der Waals surface area (Å²) in [5, 5.41) is 12.8. The van der Waals surface area contributed by atoms with E-state index in [1.54, 1.807) is 30.3 Å². The van der Waals surface area contributed by atoms with E-state index >= 15 is 0 Å². The molecule has 1 aliphatic rings. The molecule has 2 amide bonds. The van der Waals surface area contributed by atoms with E-state index < -0.39 is 4.92 Å². The van der Waals surface area contributed by atoms with Crippen molar-refractivity contribution in [2.45, 2.75) is 13.2 Å². The van der Waals surface area contributed by atoms with E-state index in [-0.39, 0.29) is 30.0 Å². The lowest BCUT2D eigenvalue weighted by Gasteiger charge is -2.15. The number of hydrogen-bond donors (Lipinski definition) is 0. The zero-order valence-electron chi connectivity index (χ0n) is 20.6. The Morgan fingerprint density at radius 2 is 1.79 bits per heavy atom. The Morgan fingerprint density at radius 3 is 2.59 bits per heavy atom. The van der Waals surface area contributed by atoms with Crippen molar-refractivity contribution >= 4 is 61.4 Å². The lowest BCUT2D eigenvalue weighted by atomic mass is 10.0. The van der Waals surface area contributed by atoms with E-state index in [0.29, 0.717) is 32.0 Å². The lowest BCUT2D eigenvalue weighted by Crippen LogP contribution is -2.27. The molecular formula is C29H21BrN2O6S. The summed E-state index contributed by atoms with van der Waals surface area (Å²) in [6.45, 7) is 0.268. The first-order valence-corrected chi connectivity index (χ1v) is 13.4. The third kappa shape index (κ3) is 5.67. The van der Waals surface area contributed by atoms with Gasteiger partial charge in [-0.15, -0.1) is 0 Å². The van der Waals surface area contributed by atoms with Gasteiger partial charge in [-0.25, -0.2) is 0 Å². The lowest BCUT2D eigenvalue weighted by molar-refractivity contribution is -0.384. The third-order valence-corrected chi connectivity index (χ3v) is 7.63. The van der Waals surface area contributed by atoms with Gasteiger partial charge in [-0.05, 0) is 73.4 Å². The van der Waals surface area contributed by atoms with Gasteiger partial charge in [0.1, 0.15) is 6.61 Å². The van der Waals surface area contributed by atoms with Crippen molar-refractivity contribution in [3.05, 3.63) is 115 Å². The van der Waals surface area contributed by atoms with Crippen LogP contribution in [0.2, 0.25) is 0 Å². The summed E-state index contributed by atoms with van der Waals surface area (Å²) < 4.78 is 12.0. The highest BCUT2D eigenvalue weighted by atomic mass is 79.9. The minimum absolute atomic E-state index is 0.0214. The Bertz CT molecular complexity index is 1650. The number of nitro benzene ring substituents is 1. The Labute approximate surface area is 236 Å². The van der Waals surface area contributed by atoms with E-state index in [0.717, 1.165) is 28.1 Å². The summed E-state index contributed by atoms with van der Waals surface area (Å²) >= 11 is 4.39. The number of rotatable bonds is 8. The molecule has 10 heteroatoms. The molecule has 1 aliphatic heterocycles. The zero-order valence-corrected chi connectivity index (χ0v) is 23.0. The van der Waals surface area contributed by atoms with Crippen LogP contribution < -0.4 is 9.47 Å². The van der Waals surface area contributed by atoms with Gasteiger partial charge >= 0.3 is 0 Å². The minimum atomic E-state index is -0.460. The number of non-ortho nitro benzene ring substituents is 1. The van der Waals surface area contributed by atoms with Gasteiger partial charge in [0, 0.05) is 12.1 Å². The molecule has 0 bridgehead atoms. The van der Waals surface area contributed by atoms with Crippen molar-refractivity contribution in [2.75, 3.05) is 7.11 Å². The van der Waals surface area contributed by atoms with Gasteiger partial charge in [0.05, 0.1) is 28.0 Å². The van der Waals surface area contributed by atoms with Crippen molar-refractivity contribution in [2.24, 2.45) is 0 Å². The number of carbonyl (C=O) groups is 2. The van der Waals surface area contributed by atoms with Crippen LogP contribution in [0.1, 0.15) is 16.7 Å². The van der Waals surface area contributed by atoms with Gasteiger partial charge in [-0.2, -0.15) is 0 Å². The fourth-order valence-electron chi connectivity index (χ4n) is 4.27. The number of nitrogens with zero attached hydrogens (tertiary/aromatic N) is 2. The van der Waals surface area contributed by atoms with E-state index in [1.807, 2.05) is 42.5 Å². The Morgan fingerprint density at radius 1 is 1.03 bits per heavy atom. The van der Waals surface area contributed by atoms with Gasteiger partial charge in [-0.1, -0.05) is 54.6 Å². The summed E-state index contributed by atoms with van der Waals surface area (Å²) in [6.07, 6.45) is 1.64. The smallest absolute Gasteiger partial charge is 0.293 e. The molecule has 0 atom stereocenters. The van der Waals surface area contributed by atoms with Crippen LogP contribution in [0.4, 0.5) is 10.5 Å². The van der Waals surface area contributed by atoms with Crippen LogP contribution in [0.25, 0.3) is 16.8 Å². The van der Waals surface area contributed by atoms with Gasteiger partial charge in [-0.3, -0.25) is 24.6 Å². The molecule has 4 aromatic carbocycles. The largest absolute Gasteiger partial charge is 0.493 e. The maximum atomic E-state index is 13.2. The molecule has 0 aliphatic carbocycles. The number of methoxy groups -OCH3 is 1. The van der Waals surface area contributed by atoms with Gasteiger partial charge in [0.15, 0.2) is 11.5 Å². The molecule has 4 aromatic rings. The summed E-state index contributed by atoms with van der Waals surface area (Å²) in [5.74, 6) is 0.445. The molecule has 0 aromatic heterocycles. The number of hydrogen-bond acceptors (Lipinski definition) is 7. The van der Waals surface area contributed by atoms with Crippen LogP contribution in [0.15, 0.2) is 88.2 Å². The molecule has 1 heterocycles. The molecule has 5 rings (SSSR count). The van der Waals surface area contributed by atoms with Crippen LogP contribution in [0, 0.1) is 10.1 Å². The number of nitro groups is 1. The SMILES string of the molecule is COc1cc(/C=C2/SC(=O)N(Cc3cccc4ccccc34)C2=O)cc(Br)c1OCc1cccc([N+](=O)[O-])c1. The van der Waals surface area contributed by atoms with Crippen molar-refractivity contribution in [1.29, 1.82) is 0 Å². The maximum absolute atomic E-state index is 13.2. The highest BCUT2D eigenvalue weighted by Gasteiger charge is 2.35. The number of halogens is 1. The highest BCUT2D eigenvalue weighted by Crippen LogP contribution is 2.40. The van der Waals surface area contributed by atoms with Gasteiger partial charge in [0.25, 0.3) is 16.8 Å². The molecule has 8 nitrogen and oxygen atoms in total. The Hall–Kier alpha value is -4.15. The van der Waals surface area contributed by atoms with Crippen molar-refractivity contribution < 1.29 is 24.0 Å². The third-order valence-electron chi connectivity index (χ3n) is 6.14. The second-order valence-corrected chi connectivity index (χ2v) is 10.5. The van der Waals surface area contributed by atoms with Crippen LogP contribution in [-0.2, 0) is 17.9 Å². The summed E-state index contributed by atoms with van der Waals surface area (Å²) in [4.78, 5) is 38.1. The average molecular weight is 605 g/mol. The normalized spacial score (nSPS) is 14.3. The maximum Gasteiger partial charge on any atom is 0.293 e. The molecule has 196 valence electrons. The molecule has 0 spiro atoms. The first kappa shape index (κ1) is 26.5. The molecule has 0 saturated carbocycles. The predicted octanol–water partition coefficient (Wildman–Crippen LogP) is 7.33. The minimum Gasteiger partial charge on any atom is -0.493 e. The quantitative estimate of drug-likeness (QED) is 0.118. The topological polar surface area (TPSA) is 99.0 Å². The van der Waals surface area contributed by atoms with E-state index in [4.69, 9.17) is 9.47 Å². The number of carbonyl (C=O) groups excluding carboxylic acids is 2. The number of fused-ring (bicyclic) bond motifs is 1. The molecule has 0 unspecified atom stereocenters. The number of imide groups is 1. The van der Waals surface area contributed by atoms with Crippen LogP contribution in [-0.4, -0.2) is 28.1 Å². The van der Waals surface area contributed by atoms with Crippen molar-refractivity contribution in [3.63, 3.8) is 0 Å². The predicted molar refractivity (Wildman–Crippen MR) is 154 cm³/mol. The van der Waals surface area contributed by atoms with Gasteiger partial charge in [0.2, 0.25) is 0 Å². The molecular weight excluding hydrogens is 584 g/mol. The zero-order chi connectivity index (χ0) is 27.5. The van der Waals surface area contributed by atoms with Crippen LogP contribution in [0.3, 0.4) is 0 Å². The average Bonchev–Trinajstić information content (AvgIpc) is 3.19. The van der Waals surface area contributed by atoms with E-state index in [9.17, 15) is 19.7 Å². The first-order chi connectivity index (χ1) is 18.8. The fourth-order valence-corrected chi connectivity index (χ4v) is 5.68. The van der Waals surface area contributed by atoms with Gasteiger partial charge < -0.3 is 9.47 Å². The molecule has 0 radical (unpaired) electrons. The monoisotopic (exact) mass is 604 g/mol. The number of thioether (sulfide) groups is 1. The van der Waals surface area contributed by atoms with Crippen LogP contribution >= 0.6 is 27.7 Å². The standard InChI is InChI=1S/C29H21BrN2O6S/c1-37-25-14-19(13-24(30)27(25)38-17-18-6-4-10-22(12-18)32(35)36)15-26-28(33)31(29(34)39-26)16-21-9-5-8-20-7-2-3-11-23(20)21/h2-15H,16-17H2,1H3/b26-15+. The second kappa shape index (κ2) is 11.3. The van der Waals surface area contributed by atoms with Crippen molar-refractivity contribution in [3.8, 4) is 11.5 Å². The summed E-state index contributed by atoms with van der Waals surface area (Å²) in [6, 6.07) is 23.3. The van der Waals surface area contributed by atoms with Crippen LogP contribution in [0.5, 0.6) is 11.5 Å². The Balaban J connectivity index is 1.36. The first-order valence-electron chi connectivity index (χ1n) is 11.8. The highest BCUT2D eigenvalue weighted by molar-refractivity contribution is 9.10. The summed E-state index contributed by atoms with van der Waals surface area (Å²) in [5.41, 5.74) is 2.14. The summed E-state index contributed by atoms with van der Waals surface area (Å²) in [7, 11) is 1.49.